The maximum atomic E-state index is 9.38. The molecule has 1 N–H and O–H groups in total. The van der Waals surface area contributed by atoms with E-state index in [2.05, 4.69) is 11.8 Å². The van der Waals surface area contributed by atoms with Gasteiger partial charge in [0.05, 0.1) is 13.2 Å². The molecule has 0 amide bonds. The van der Waals surface area contributed by atoms with Gasteiger partial charge in [-0.25, -0.2) is 0 Å². The average Bonchev–Trinajstić information content (AvgIpc) is 2.77. The van der Waals surface area contributed by atoms with Gasteiger partial charge in [0.2, 0.25) is 0 Å². The van der Waals surface area contributed by atoms with Gasteiger partial charge in [-0.05, 0) is 49.6 Å². The molecule has 2 atom stereocenters. The second-order valence-corrected chi connectivity index (χ2v) is 5.64. The monoisotopic (exact) mass is 283 g/mol. The van der Waals surface area contributed by atoms with Crippen molar-refractivity contribution in [3.05, 3.63) is 29.3 Å². The molecule has 0 bridgehead atoms. The van der Waals surface area contributed by atoms with E-state index in [0.29, 0.717) is 18.6 Å². The third-order valence-electron chi connectivity index (χ3n) is 3.86. The molecule has 19 heavy (non-hydrogen) atoms. The van der Waals surface area contributed by atoms with Gasteiger partial charge < -0.3 is 9.84 Å². The van der Waals surface area contributed by atoms with Gasteiger partial charge in [-0.1, -0.05) is 18.5 Å². The summed E-state index contributed by atoms with van der Waals surface area (Å²) in [6.07, 6.45) is 2.16. The molecule has 0 saturated carbocycles. The summed E-state index contributed by atoms with van der Waals surface area (Å²) < 4.78 is 5.67. The lowest BCUT2D eigenvalue weighted by molar-refractivity contribution is 0.133. The molecule has 106 valence electrons. The SMILES string of the molecule is CC1CCN(CCCOc2ccc(Cl)cc2)C1CO. The van der Waals surface area contributed by atoms with E-state index in [1.165, 1.54) is 6.42 Å². The van der Waals surface area contributed by atoms with Crippen molar-refractivity contribution in [1.82, 2.24) is 4.90 Å². The normalized spacial score (nSPS) is 23.7. The third-order valence-corrected chi connectivity index (χ3v) is 4.11. The van der Waals surface area contributed by atoms with Gasteiger partial charge in [-0.15, -0.1) is 0 Å². The lowest BCUT2D eigenvalue weighted by Gasteiger charge is -2.24. The van der Waals surface area contributed by atoms with Crippen LogP contribution in [0.3, 0.4) is 0 Å². The third kappa shape index (κ3) is 4.10. The highest BCUT2D eigenvalue weighted by Crippen LogP contribution is 2.23. The summed E-state index contributed by atoms with van der Waals surface area (Å²) in [6.45, 7) is 5.26. The lowest BCUT2D eigenvalue weighted by Crippen LogP contribution is -2.36. The summed E-state index contributed by atoms with van der Waals surface area (Å²) in [7, 11) is 0. The fraction of sp³-hybridized carbons (Fsp3) is 0.600. The molecule has 0 aliphatic carbocycles. The highest BCUT2D eigenvalue weighted by atomic mass is 35.5. The quantitative estimate of drug-likeness (QED) is 0.815. The Bertz CT molecular complexity index is 382. The van der Waals surface area contributed by atoms with Crippen molar-refractivity contribution < 1.29 is 9.84 Å². The first-order valence-corrected chi connectivity index (χ1v) is 7.32. The van der Waals surface area contributed by atoms with E-state index in [1.807, 2.05) is 24.3 Å². The molecule has 1 aromatic carbocycles. The minimum absolute atomic E-state index is 0.263. The largest absolute Gasteiger partial charge is 0.494 e. The number of ether oxygens (including phenoxy) is 1. The van der Waals surface area contributed by atoms with Gasteiger partial charge in [0.15, 0.2) is 0 Å². The summed E-state index contributed by atoms with van der Waals surface area (Å²) in [5.74, 6) is 1.46. The van der Waals surface area contributed by atoms with Crippen LogP contribution in [0.25, 0.3) is 0 Å². The molecule has 4 heteroatoms. The number of nitrogens with zero attached hydrogens (tertiary/aromatic N) is 1. The predicted molar refractivity (Wildman–Crippen MR) is 77.8 cm³/mol. The second-order valence-electron chi connectivity index (χ2n) is 5.21. The first kappa shape index (κ1) is 14.6. The van der Waals surface area contributed by atoms with Crippen LogP contribution in [0.4, 0.5) is 0 Å². The molecule has 3 nitrogen and oxygen atoms in total. The van der Waals surface area contributed by atoms with Crippen LogP contribution in [0.5, 0.6) is 5.75 Å². The van der Waals surface area contributed by atoms with E-state index in [-0.39, 0.29) is 6.61 Å². The molecule has 1 fully saturated rings. The minimum Gasteiger partial charge on any atom is -0.494 e. The Hall–Kier alpha value is -0.770. The Balaban J connectivity index is 1.68. The van der Waals surface area contributed by atoms with E-state index >= 15 is 0 Å². The van der Waals surface area contributed by atoms with E-state index in [1.54, 1.807) is 0 Å². The fourth-order valence-corrected chi connectivity index (χ4v) is 2.78. The first-order valence-electron chi connectivity index (χ1n) is 6.94. The summed E-state index contributed by atoms with van der Waals surface area (Å²) in [5.41, 5.74) is 0. The molecular formula is C15H22ClNO2. The number of hydrogen-bond donors (Lipinski definition) is 1. The molecule has 0 spiro atoms. The zero-order chi connectivity index (χ0) is 13.7. The van der Waals surface area contributed by atoms with Gasteiger partial charge in [-0.2, -0.15) is 0 Å². The van der Waals surface area contributed by atoms with Crippen molar-refractivity contribution in [3.8, 4) is 5.75 Å². The second kappa shape index (κ2) is 7.13. The van der Waals surface area contributed by atoms with E-state index in [9.17, 15) is 5.11 Å². The average molecular weight is 284 g/mol. The van der Waals surface area contributed by atoms with E-state index in [4.69, 9.17) is 16.3 Å². The number of hydrogen-bond acceptors (Lipinski definition) is 3. The number of halogens is 1. The van der Waals surface area contributed by atoms with Crippen LogP contribution >= 0.6 is 11.6 Å². The topological polar surface area (TPSA) is 32.7 Å². The summed E-state index contributed by atoms with van der Waals surface area (Å²) >= 11 is 5.82. The number of aliphatic hydroxyl groups excluding tert-OH is 1. The van der Waals surface area contributed by atoms with Crippen LogP contribution in [0.15, 0.2) is 24.3 Å². The van der Waals surface area contributed by atoms with Crippen molar-refractivity contribution in [2.45, 2.75) is 25.8 Å². The van der Waals surface area contributed by atoms with Crippen LogP contribution < -0.4 is 4.74 Å². The maximum absolute atomic E-state index is 9.38. The number of rotatable bonds is 6. The predicted octanol–water partition coefficient (Wildman–Crippen LogP) is 2.81. The zero-order valence-corrected chi connectivity index (χ0v) is 12.1. The molecule has 1 aromatic rings. The molecule has 1 aliphatic heterocycles. The van der Waals surface area contributed by atoms with Gasteiger partial charge in [0, 0.05) is 17.6 Å². The van der Waals surface area contributed by atoms with E-state index in [0.717, 1.165) is 30.3 Å². The molecule has 0 aromatic heterocycles. The highest BCUT2D eigenvalue weighted by molar-refractivity contribution is 6.30. The Morgan fingerprint density at radius 3 is 2.79 bits per heavy atom. The first-order chi connectivity index (χ1) is 9.20. The van der Waals surface area contributed by atoms with Crippen LogP contribution in [0.1, 0.15) is 19.8 Å². The minimum atomic E-state index is 0.263. The van der Waals surface area contributed by atoms with Crippen molar-refractivity contribution in [2.75, 3.05) is 26.3 Å². The standard InChI is InChI=1S/C15H22ClNO2/c1-12-7-9-17(15(12)11-18)8-2-10-19-14-5-3-13(16)4-6-14/h3-6,12,15,18H,2,7-11H2,1H3. The van der Waals surface area contributed by atoms with Crippen LogP contribution in [0.2, 0.25) is 5.02 Å². The molecular weight excluding hydrogens is 262 g/mol. The Morgan fingerprint density at radius 1 is 1.37 bits per heavy atom. The van der Waals surface area contributed by atoms with Crippen LogP contribution in [-0.2, 0) is 0 Å². The molecule has 1 aliphatic rings. The summed E-state index contributed by atoms with van der Waals surface area (Å²) in [6, 6.07) is 7.77. The molecule has 1 saturated heterocycles. The van der Waals surface area contributed by atoms with E-state index < -0.39 is 0 Å². The maximum Gasteiger partial charge on any atom is 0.119 e. The summed E-state index contributed by atoms with van der Waals surface area (Å²) in [5, 5.41) is 10.1. The van der Waals surface area contributed by atoms with Gasteiger partial charge >= 0.3 is 0 Å². The van der Waals surface area contributed by atoms with Crippen molar-refractivity contribution in [1.29, 1.82) is 0 Å². The van der Waals surface area contributed by atoms with Crippen molar-refractivity contribution in [3.63, 3.8) is 0 Å². The number of aliphatic hydroxyl groups is 1. The van der Waals surface area contributed by atoms with Crippen LogP contribution in [0, 0.1) is 5.92 Å². The molecule has 2 rings (SSSR count). The molecule has 2 unspecified atom stereocenters. The zero-order valence-electron chi connectivity index (χ0n) is 11.4. The van der Waals surface area contributed by atoms with Crippen LogP contribution in [-0.4, -0.2) is 42.4 Å². The van der Waals surface area contributed by atoms with Crippen molar-refractivity contribution in [2.24, 2.45) is 5.92 Å². The highest BCUT2D eigenvalue weighted by Gasteiger charge is 2.29. The lowest BCUT2D eigenvalue weighted by atomic mass is 10.0. The fourth-order valence-electron chi connectivity index (χ4n) is 2.65. The van der Waals surface area contributed by atoms with Gasteiger partial charge in [0.25, 0.3) is 0 Å². The Kier molecular flexibility index (Phi) is 5.49. The number of benzene rings is 1. The number of likely N-dealkylation sites (tertiary alicyclic amines) is 1. The Morgan fingerprint density at radius 2 is 2.11 bits per heavy atom. The smallest absolute Gasteiger partial charge is 0.119 e. The molecule has 0 radical (unpaired) electrons. The van der Waals surface area contributed by atoms with Gasteiger partial charge in [-0.3, -0.25) is 4.90 Å². The van der Waals surface area contributed by atoms with Gasteiger partial charge in [0.1, 0.15) is 5.75 Å². The summed E-state index contributed by atoms with van der Waals surface area (Å²) in [4.78, 5) is 2.37. The Labute approximate surface area is 120 Å². The molecule has 1 heterocycles. The van der Waals surface area contributed by atoms with Crippen molar-refractivity contribution >= 4 is 11.6 Å².